The molecule has 1 fully saturated rings. The van der Waals surface area contributed by atoms with Gasteiger partial charge in [-0.2, -0.15) is 0 Å². The van der Waals surface area contributed by atoms with E-state index in [1.807, 2.05) is 0 Å². The van der Waals surface area contributed by atoms with Crippen LogP contribution < -0.4 is 0 Å². The van der Waals surface area contributed by atoms with Crippen LogP contribution in [0.15, 0.2) is 11.6 Å². The third-order valence-electron chi connectivity index (χ3n) is 5.99. The highest BCUT2D eigenvalue weighted by atomic mass is 16.5. The molecule has 2 aliphatic rings. The zero-order valence-electron chi connectivity index (χ0n) is 14.9. The van der Waals surface area contributed by atoms with Gasteiger partial charge in [-0.1, -0.05) is 51.7 Å². The quantitative estimate of drug-likeness (QED) is 0.415. The Balaban J connectivity index is 2.17. The van der Waals surface area contributed by atoms with E-state index in [1.54, 1.807) is 0 Å². The minimum Gasteiger partial charge on any atom is -0.465 e. The lowest BCUT2D eigenvalue weighted by atomic mass is 9.56. The van der Waals surface area contributed by atoms with Gasteiger partial charge >= 0.3 is 5.97 Å². The zero-order valence-corrected chi connectivity index (χ0v) is 14.9. The van der Waals surface area contributed by atoms with E-state index >= 15 is 0 Å². The summed E-state index contributed by atoms with van der Waals surface area (Å²) < 4.78 is 11.7. The van der Waals surface area contributed by atoms with Crippen LogP contribution in [0, 0.1) is 23.2 Å². The molecule has 0 unspecified atom stereocenters. The number of hydrogen-bond donors (Lipinski definition) is 0. The molecule has 3 nitrogen and oxygen atoms in total. The molecule has 0 aromatic rings. The van der Waals surface area contributed by atoms with E-state index in [-0.39, 0.29) is 11.4 Å². The van der Waals surface area contributed by atoms with Gasteiger partial charge in [0, 0.05) is 18.3 Å². The SMILES string of the molecule is CCCCC[C@H]1OC[C@]2(COC(C)=O)[C@H](C)[C@H]1C(C)=C[C@@H]2C. The van der Waals surface area contributed by atoms with Gasteiger partial charge in [0.2, 0.25) is 0 Å². The van der Waals surface area contributed by atoms with E-state index in [4.69, 9.17) is 9.47 Å². The van der Waals surface area contributed by atoms with E-state index in [1.165, 1.54) is 31.8 Å². The maximum absolute atomic E-state index is 11.3. The summed E-state index contributed by atoms with van der Waals surface area (Å²) in [5.41, 5.74) is 1.40. The maximum Gasteiger partial charge on any atom is 0.302 e. The van der Waals surface area contributed by atoms with E-state index < -0.39 is 0 Å². The van der Waals surface area contributed by atoms with Crippen molar-refractivity contribution in [2.45, 2.75) is 66.4 Å². The normalized spacial score (nSPS) is 37.6. The molecule has 0 spiro atoms. The number of ether oxygens (including phenoxy) is 2. The Kier molecular flexibility index (Phi) is 5.70. The van der Waals surface area contributed by atoms with Crippen molar-refractivity contribution in [3.8, 4) is 0 Å². The van der Waals surface area contributed by atoms with Gasteiger partial charge in [-0.15, -0.1) is 0 Å². The summed E-state index contributed by atoms with van der Waals surface area (Å²) in [4.78, 5) is 11.3. The second kappa shape index (κ2) is 7.16. The average molecular weight is 308 g/mol. The van der Waals surface area contributed by atoms with Gasteiger partial charge < -0.3 is 9.47 Å². The summed E-state index contributed by atoms with van der Waals surface area (Å²) in [6.45, 7) is 11.7. The Morgan fingerprint density at radius 1 is 1.41 bits per heavy atom. The first-order valence-corrected chi connectivity index (χ1v) is 8.85. The van der Waals surface area contributed by atoms with Crippen molar-refractivity contribution >= 4 is 5.97 Å². The fourth-order valence-corrected chi connectivity index (χ4v) is 4.48. The van der Waals surface area contributed by atoms with Crippen molar-refractivity contribution in [2.75, 3.05) is 13.2 Å². The lowest BCUT2D eigenvalue weighted by Gasteiger charge is -2.55. The van der Waals surface area contributed by atoms with Gasteiger partial charge in [-0.3, -0.25) is 4.79 Å². The first-order valence-electron chi connectivity index (χ1n) is 8.85. The van der Waals surface area contributed by atoms with Crippen LogP contribution in [-0.4, -0.2) is 25.3 Å². The largest absolute Gasteiger partial charge is 0.465 e. The topological polar surface area (TPSA) is 35.5 Å². The third-order valence-corrected chi connectivity index (χ3v) is 5.99. The fraction of sp³-hybridized carbons (Fsp3) is 0.842. The van der Waals surface area contributed by atoms with Crippen LogP contribution in [0.4, 0.5) is 0 Å². The van der Waals surface area contributed by atoms with Crippen LogP contribution >= 0.6 is 0 Å². The summed E-state index contributed by atoms with van der Waals surface area (Å²) in [6.07, 6.45) is 7.63. The van der Waals surface area contributed by atoms with Crippen LogP contribution in [0.3, 0.4) is 0 Å². The van der Waals surface area contributed by atoms with E-state index in [2.05, 4.69) is 33.8 Å². The number of carbonyl (C=O) groups is 1. The number of esters is 1. The summed E-state index contributed by atoms with van der Waals surface area (Å²) in [6, 6.07) is 0. The lowest BCUT2D eigenvalue weighted by molar-refractivity contribution is -0.180. The predicted octanol–water partition coefficient (Wildman–Crippen LogP) is 4.36. The van der Waals surface area contributed by atoms with Crippen molar-refractivity contribution in [1.29, 1.82) is 0 Å². The summed E-state index contributed by atoms with van der Waals surface area (Å²) >= 11 is 0. The molecular weight excluding hydrogens is 276 g/mol. The molecule has 5 atom stereocenters. The summed E-state index contributed by atoms with van der Waals surface area (Å²) in [7, 11) is 0. The van der Waals surface area contributed by atoms with Crippen molar-refractivity contribution in [3.05, 3.63) is 11.6 Å². The molecule has 1 heterocycles. The standard InChI is InChI=1S/C19H32O3/c1-6-7-8-9-17-18-13(2)10-14(3)19(12-22-17,15(18)4)11-21-16(5)20/h10,14-15,17-18H,6-9,11-12H2,1-5H3/t14-,15+,17+,18+,19-/m0/s1. The Bertz CT molecular complexity index is 428. The van der Waals surface area contributed by atoms with Gasteiger partial charge in [0.25, 0.3) is 0 Å². The fourth-order valence-electron chi connectivity index (χ4n) is 4.48. The second-order valence-corrected chi connectivity index (χ2v) is 7.37. The Morgan fingerprint density at radius 2 is 2.14 bits per heavy atom. The first kappa shape index (κ1) is 17.5. The second-order valence-electron chi connectivity index (χ2n) is 7.37. The highest BCUT2D eigenvalue weighted by Crippen LogP contribution is 2.53. The summed E-state index contributed by atoms with van der Waals surface area (Å²) in [5, 5.41) is 0. The van der Waals surface area contributed by atoms with Crippen molar-refractivity contribution in [3.63, 3.8) is 0 Å². The van der Waals surface area contributed by atoms with Crippen LogP contribution in [-0.2, 0) is 14.3 Å². The Morgan fingerprint density at radius 3 is 2.77 bits per heavy atom. The third kappa shape index (κ3) is 3.24. The number of hydrogen-bond acceptors (Lipinski definition) is 3. The number of rotatable bonds is 6. The number of allylic oxidation sites excluding steroid dienone is 1. The molecule has 2 rings (SSSR count). The van der Waals surface area contributed by atoms with Crippen LogP contribution in [0.5, 0.6) is 0 Å². The minimum absolute atomic E-state index is 0.0584. The molecule has 1 saturated heterocycles. The molecule has 3 heteroatoms. The molecular formula is C19H32O3. The molecule has 0 N–H and O–H groups in total. The molecule has 0 aromatic carbocycles. The van der Waals surface area contributed by atoms with Gasteiger partial charge in [0.1, 0.15) is 0 Å². The van der Waals surface area contributed by atoms with Crippen molar-refractivity contribution < 1.29 is 14.3 Å². The van der Waals surface area contributed by atoms with Gasteiger partial charge in [-0.05, 0) is 25.2 Å². The molecule has 22 heavy (non-hydrogen) atoms. The molecule has 0 aromatic heterocycles. The molecule has 0 saturated carbocycles. The smallest absolute Gasteiger partial charge is 0.302 e. The molecule has 2 bridgehead atoms. The molecule has 1 aliphatic heterocycles. The highest BCUT2D eigenvalue weighted by molar-refractivity contribution is 5.65. The Labute approximate surface area is 135 Å². The van der Waals surface area contributed by atoms with Gasteiger partial charge in [0.15, 0.2) is 0 Å². The van der Waals surface area contributed by atoms with Gasteiger partial charge in [-0.25, -0.2) is 0 Å². The monoisotopic (exact) mass is 308 g/mol. The van der Waals surface area contributed by atoms with Crippen LogP contribution in [0.2, 0.25) is 0 Å². The van der Waals surface area contributed by atoms with Crippen LogP contribution in [0.1, 0.15) is 60.3 Å². The zero-order chi connectivity index (χ0) is 16.3. The number of fused-ring (bicyclic) bond motifs is 2. The van der Waals surface area contributed by atoms with Crippen molar-refractivity contribution in [1.82, 2.24) is 0 Å². The number of carbonyl (C=O) groups excluding carboxylic acids is 1. The first-order chi connectivity index (χ1) is 10.4. The predicted molar refractivity (Wildman–Crippen MR) is 88.5 cm³/mol. The molecule has 0 radical (unpaired) electrons. The number of unbranched alkanes of at least 4 members (excludes halogenated alkanes) is 2. The maximum atomic E-state index is 11.3. The highest BCUT2D eigenvalue weighted by Gasteiger charge is 2.53. The Hall–Kier alpha value is -0.830. The van der Waals surface area contributed by atoms with E-state index in [0.717, 1.165) is 6.42 Å². The summed E-state index contributed by atoms with van der Waals surface area (Å²) in [5.74, 6) is 1.15. The molecule has 0 amide bonds. The molecule has 1 aliphatic carbocycles. The van der Waals surface area contributed by atoms with E-state index in [0.29, 0.717) is 37.1 Å². The lowest BCUT2D eigenvalue weighted by Crippen LogP contribution is -2.56. The van der Waals surface area contributed by atoms with Crippen molar-refractivity contribution in [2.24, 2.45) is 23.2 Å². The minimum atomic E-state index is -0.193. The van der Waals surface area contributed by atoms with E-state index in [9.17, 15) is 4.79 Å². The van der Waals surface area contributed by atoms with Gasteiger partial charge in [0.05, 0.1) is 19.3 Å². The van der Waals surface area contributed by atoms with Crippen LogP contribution in [0.25, 0.3) is 0 Å². The molecule has 126 valence electrons. The average Bonchev–Trinajstić information content (AvgIpc) is 2.45.